The zero-order valence-electron chi connectivity index (χ0n) is 10.3. The summed E-state index contributed by atoms with van der Waals surface area (Å²) in [6, 6.07) is 0.635. The lowest BCUT2D eigenvalue weighted by atomic mass is 10.2. The topological polar surface area (TPSA) is 15.3 Å². The fourth-order valence-electron chi connectivity index (χ4n) is 1.41. The lowest BCUT2D eigenvalue weighted by molar-refractivity contribution is 0.264. The molecule has 0 aromatic rings. The molecule has 0 bridgehead atoms. The molecule has 0 saturated carbocycles. The molecule has 0 amide bonds. The number of nitrogens with one attached hydrogen (secondary N) is 1. The molecule has 0 rings (SSSR count). The van der Waals surface area contributed by atoms with Crippen LogP contribution in [0.1, 0.15) is 33.6 Å². The van der Waals surface area contributed by atoms with Crippen molar-refractivity contribution in [1.82, 2.24) is 10.2 Å². The highest BCUT2D eigenvalue weighted by atomic mass is 15.1. The van der Waals surface area contributed by atoms with Crippen molar-refractivity contribution in [2.24, 2.45) is 0 Å². The van der Waals surface area contributed by atoms with E-state index in [4.69, 9.17) is 0 Å². The minimum atomic E-state index is 0.635. The standard InChI is InChI=1S/C12H26N2/c1-6-8-13-9-7-12(4)14(5)10-11(2)3/h12-13H,2,6-10H2,1,3-5H3. The van der Waals surface area contributed by atoms with Gasteiger partial charge in [0.05, 0.1) is 0 Å². The Hall–Kier alpha value is -0.340. The van der Waals surface area contributed by atoms with E-state index in [1.54, 1.807) is 0 Å². The van der Waals surface area contributed by atoms with Crippen LogP contribution in [-0.4, -0.2) is 37.6 Å². The van der Waals surface area contributed by atoms with E-state index >= 15 is 0 Å². The average molecular weight is 198 g/mol. The Kier molecular flexibility index (Phi) is 7.81. The molecule has 2 heteroatoms. The van der Waals surface area contributed by atoms with Gasteiger partial charge in [-0.2, -0.15) is 0 Å². The number of rotatable bonds is 8. The molecule has 0 heterocycles. The van der Waals surface area contributed by atoms with Gasteiger partial charge in [-0.25, -0.2) is 0 Å². The lowest BCUT2D eigenvalue weighted by Gasteiger charge is -2.24. The Balaban J connectivity index is 3.51. The molecular weight excluding hydrogens is 172 g/mol. The third-order valence-corrected chi connectivity index (χ3v) is 2.44. The number of hydrogen-bond donors (Lipinski definition) is 1. The van der Waals surface area contributed by atoms with Gasteiger partial charge in [0.2, 0.25) is 0 Å². The van der Waals surface area contributed by atoms with Crippen LogP contribution in [0.2, 0.25) is 0 Å². The van der Waals surface area contributed by atoms with Crippen LogP contribution in [0.15, 0.2) is 12.2 Å². The summed E-state index contributed by atoms with van der Waals surface area (Å²) in [5, 5.41) is 3.43. The molecule has 0 aliphatic heterocycles. The lowest BCUT2D eigenvalue weighted by Crippen LogP contribution is -2.33. The Morgan fingerprint density at radius 3 is 2.57 bits per heavy atom. The molecule has 0 radical (unpaired) electrons. The summed E-state index contributed by atoms with van der Waals surface area (Å²) >= 11 is 0. The summed E-state index contributed by atoms with van der Waals surface area (Å²) in [6.45, 7) is 13.7. The van der Waals surface area contributed by atoms with Crippen molar-refractivity contribution in [1.29, 1.82) is 0 Å². The van der Waals surface area contributed by atoms with E-state index in [9.17, 15) is 0 Å². The SMILES string of the molecule is C=C(C)CN(C)C(C)CCNCCC. The van der Waals surface area contributed by atoms with Crippen molar-refractivity contribution < 1.29 is 0 Å². The van der Waals surface area contributed by atoms with Crippen LogP contribution in [0.25, 0.3) is 0 Å². The highest BCUT2D eigenvalue weighted by molar-refractivity contribution is 4.92. The molecule has 1 N–H and O–H groups in total. The summed E-state index contributed by atoms with van der Waals surface area (Å²) < 4.78 is 0. The van der Waals surface area contributed by atoms with Gasteiger partial charge < -0.3 is 5.32 Å². The largest absolute Gasteiger partial charge is 0.317 e. The molecule has 0 aromatic heterocycles. The first-order chi connectivity index (χ1) is 6.57. The van der Waals surface area contributed by atoms with E-state index < -0.39 is 0 Å². The predicted octanol–water partition coefficient (Wildman–Crippen LogP) is 2.27. The maximum absolute atomic E-state index is 3.93. The summed E-state index contributed by atoms with van der Waals surface area (Å²) in [5.41, 5.74) is 1.24. The summed E-state index contributed by atoms with van der Waals surface area (Å²) in [6.07, 6.45) is 2.43. The van der Waals surface area contributed by atoms with Gasteiger partial charge in [-0.05, 0) is 46.8 Å². The Morgan fingerprint density at radius 1 is 1.43 bits per heavy atom. The fraction of sp³-hybridized carbons (Fsp3) is 0.833. The quantitative estimate of drug-likeness (QED) is 0.475. The monoisotopic (exact) mass is 198 g/mol. The van der Waals surface area contributed by atoms with Crippen molar-refractivity contribution in [3.05, 3.63) is 12.2 Å². The van der Waals surface area contributed by atoms with Crippen molar-refractivity contribution >= 4 is 0 Å². The van der Waals surface area contributed by atoms with Gasteiger partial charge in [-0.15, -0.1) is 0 Å². The third kappa shape index (κ3) is 7.10. The highest BCUT2D eigenvalue weighted by Gasteiger charge is 2.07. The molecule has 84 valence electrons. The van der Waals surface area contributed by atoms with Gasteiger partial charge in [-0.1, -0.05) is 19.1 Å². The van der Waals surface area contributed by atoms with Crippen molar-refractivity contribution in [2.45, 2.75) is 39.7 Å². The first-order valence-electron chi connectivity index (χ1n) is 5.63. The number of likely N-dealkylation sites (N-methyl/N-ethyl adjacent to an activating group) is 1. The van der Waals surface area contributed by atoms with E-state index in [0.29, 0.717) is 6.04 Å². The molecule has 1 atom stereocenters. The van der Waals surface area contributed by atoms with Crippen LogP contribution >= 0.6 is 0 Å². The Bertz CT molecular complexity index is 154. The second kappa shape index (κ2) is 8.01. The first-order valence-corrected chi connectivity index (χ1v) is 5.63. The average Bonchev–Trinajstić information content (AvgIpc) is 2.11. The smallest absolute Gasteiger partial charge is 0.0187 e. The predicted molar refractivity (Wildman–Crippen MR) is 64.7 cm³/mol. The van der Waals surface area contributed by atoms with E-state index in [2.05, 4.69) is 44.6 Å². The zero-order valence-corrected chi connectivity index (χ0v) is 10.3. The highest BCUT2D eigenvalue weighted by Crippen LogP contribution is 2.02. The normalized spacial score (nSPS) is 13.2. The number of nitrogens with zero attached hydrogens (tertiary/aromatic N) is 1. The number of hydrogen-bond acceptors (Lipinski definition) is 2. The fourth-order valence-corrected chi connectivity index (χ4v) is 1.41. The molecule has 0 aromatic carbocycles. The third-order valence-electron chi connectivity index (χ3n) is 2.44. The van der Waals surface area contributed by atoms with E-state index in [1.165, 1.54) is 18.4 Å². The molecule has 0 aliphatic carbocycles. The summed E-state index contributed by atoms with van der Waals surface area (Å²) in [4.78, 5) is 2.36. The molecule has 0 spiro atoms. The van der Waals surface area contributed by atoms with Crippen LogP contribution in [0.3, 0.4) is 0 Å². The van der Waals surface area contributed by atoms with Crippen molar-refractivity contribution in [2.75, 3.05) is 26.7 Å². The van der Waals surface area contributed by atoms with Crippen LogP contribution in [0.4, 0.5) is 0 Å². The molecule has 14 heavy (non-hydrogen) atoms. The Morgan fingerprint density at radius 2 is 2.07 bits per heavy atom. The van der Waals surface area contributed by atoms with Crippen LogP contribution in [-0.2, 0) is 0 Å². The molecule has 2 nitrogen and oxygen atoms in total. The maximum Gasteiger partial charge on any atom is 0.0187 e. The minimum Gasteiger partial charge on any atom is -0.317 e. The second-order valence-electron chi connectivity index (χ2n) is 4.26. The van der Waals surface area contributed by atoms with Crippen LogP contribution in [0.5, 0.6) is 0 Å². The van der Waals surface area contributed by atoms with Crippen LogP contribution in [0, 0.1) is 0 Å². The van der Waals surface area contributed by atoms with E-state index in [0.717, 1.165) is 19.6 Å². The molecule has 0 saturated heterocycles. The molecular formula is C12H26N2. The van der Waals surface area contributed by atoms with E-state index in [1.807, 2.05) is 0 Å². The minimum absolute atomic E-state index is 0.635. The Labute approximate surface area is 89.4 Å². The summed E-state index contributed by atoms with van der Waals surface area (Å²) in [7, 11) is 2.17. The molecule has 1 unspecified atom stereocenters. The first kappa shape index (κ1) is 13.7. The van der Waals surface area contributed by atoms with Gasteiger partial charge in [0.15, 0.2) is 0 Å². The summed E-state index contributed by atoms with van der Waals surface area (Å²) in [5.74, 6) is 0. The maximum atomic E-state index is 3.93. The van der Waals surface area contributed by atoms with Gasteiger partial charge in [0, 0.05) is 12.6 Å². The van der Waals surface area contributed by atoms with Gasteiger partial charge in [0.1, 0.15) is 0 Å². The van der Waals surface area contributed by atoms with Crippen LogP contribution < -0.4 is 5.32 Å². The van der Waals surface area contributed by atoms with E-state index in [-0.39, 0.29) is 0 Å². The molecule has 0 aliphatic rings. The van der Waals surface area contributed by atoms with Gasteiger partial charge in [-0.3, -0.25) is 4.90 Å². The van der Waals surface area contributed by atoms with Gasteiger partial charge >= 0.3 is 0 Å². The zero-order chi connectivity index (χ0) is 11.0. The van der Waals surface area contributed by atoms with Crippen molar-refractivity contribution in [3.8, 4) is 0 Å². The van der Waals surface area contributed by atoms with Crippen molar-refractivity contribution in [3.63, 3.8) is 0 Å². The van der Waals surface area contributed by atoms with Gasteiger partial charge in [0.25, 0.3) is 0 Å². The molecule has 0 fully saturated rings. The second-order valence-corrected chi connectivity index (χ2v) is 4.26.